The molecule has 0 saturated carbocycles. The van der Waals surface area contributed by atoms with Crippen LogP contribution >= 0.6 is 11.8 Å². The molecular weight excluding hydrogens is 180 g/mol. The molecule has 0 aliphatic heterocycles. The molecule has 0 aliphatic carbocycles. The Balaban J connectivity index is 2.52. The summed E-state index contributed by atoms with van der Waals surface area (Å²) in [6.45, 7) is 2.17. The summed E-state index contributed by atoms with van der Waals surface area (Å²) in [7, 11) is 0. The first-order chi connectivity index (χ1) is 6.36. The number of aromatic nitrogens is 1. The number of nitriles is 1. The second-order valence-corrected chi connectivity index (χ2v) is 3.82. The van der Waals surface area contributed by atoms with Crippen molar-refractivity contribution in [1.29, 1.82) is 5.26 Å². The van der Waals surface area contributed by atoms with E-state index in [1.807, 2.05) is 30.0 Å². The van der Waals surface area contributed by atoms with E-state index in [1.165, 1.54) is 17.7 Å². The molecule has 0 amide bonds. The molecule has 0 bridgehead atoms. The van der Waals surface area contributed by atoms with Gasteiger partial charge in [0.15, 0.2) is 0 Å². The van der Waals surface area contributed by atoms with E-state index < -0.39 is 0 Å². The summed E-state index contributed by atoms with van der Waals surface area (Å²) in [6, 6.07) is 5.85. The van der Waals surface area contributed by atoms with Gasteiger partial charge in [-0.15, -0.1) is 0 Å². The molecule has 1 heterocycles. The fourth-order valence-electron chi connectivity index (χ4n) is 0.960. The van der Waals surface area contributed by atoms with Crippen LogP contribution in [0.2, 0.25) is 0 Å². The van der Waals surface area contributed by atoms with Gasteiger partial charge in [-0.1, -0.05) is 6.92 Å². The minimum absolute atomic E-state index is 0.509. The van der Waals surface area contributed by atoms with Gasteiger partial charge in [-0.05, 0) is 29.9 Å². The van der Waals surface area contributed by atoms with Gasteiger partial charge >= 0.3 is 0 Å². The molecule has 0 saturated heterocycles. The summed E-state index contributed by atoms with van der Waals surface area (Å²) in [5.74, 6) is 2.15. The van der Waals surface area contributed by atoms with Crippen molar-refractivity contribution in [2.45, 2.75) is 19.1 Å². The van der Waals surface area contributed by atoms with Crippen LogP contribution in [0, 0.1) is 11.3 Å². The van der Waals surface area contributed by atoms with Crippen molar-refractivity contribution in [3.63, 3.8) is 0 Å². The average molecular weight is 192 g/mol. The Labute approximate surface area is 83.0 Å². The van der Waals surface area contributed by atoms with E-state index in [4.69, 9.17) is 5.26 Å². The molecule has 3 heteroatoms. The molecule has 0 aliphatic rings. The van der Waals surface area contributed by atoms with Crippen molar-refractivity contribution in [1.82, 2.24) is 4.98 Å². The fourth-order valence-corrected chi connectivity index (χ4v) is 1.81. The van der Waals surface area contributed by atoms with E-state index in [0.29, 0.717) is 5.69 Å². The Morgan fingerprint density at radius 1 is 1.62 bits per heavy atom. The first kappa shape index (κ1) is 10.1. The van der Waals surface area contributed by atoms with Gasteiger partial charge < -0.3 is 0 Å². The standard InChI is InChI=1S/C10H12N2S/c1-2-5-13-8-9-3-4-12-10(6-9)7-11/h3-4,6H,2,5,8H2,1H3. The summed E-state index contributed by atoms with van der Waals surface area (Å²) in [4.78, 5) is 3.92. The summed E-state index contributed by atoms with van der Waals surface area (Å²) in [5.41, 5.74) is 1.69. The number of pyridine rings is 1. The minimum Gasteiger partial charge on any atom is -0.246 e. The lowest BCUT2D eigenvalue weighted by Crippen LogP contribution is -1.86. The topological polar surface area (TPSA) is 36.7 Å². The van der Waals surface area contributed by atoms with Gasteiger partial charge in [0, 0.05) is 11.9 Å². The van der Waals surface area contributed by atoms with Crippen molar-refractivity contribution in [3.8, 4) is 6.07 Å². The Kier molecular flexibility index (Phi) is 4.34. The minimum atomic E-state index is 0.509. The number of hydrogen-bond acceptors (Lipinski definition) is 3. The average Bonchev–Trinajstić information content (AvgIpc) is 2.19. The van der Waals surface area contributed by atoms with Gasteiger partial charge in [0.25, 0.3) is 0 Å². The highest BCUT2D eigenvalue weighted by molar-refractivity contribution is 7.98. The first-order valence-electron chi connectivity index (χ1n) is 4.29. The second-order valence-electron chi connectivity index (χ2n) is 2.71. The molecule has 0 fully saturated rings. The zero-order chi connectivity index (χ0) is 9.52. The van der Waals surface area contributed by atoms with E-state index in [9.17, 15) is 0 Å². The number of hydrogen-bond donors (Lipinski definition) is 0. The van der Waals surface area contributed by atoms with Crippen molar-refractivity contribution in [2.24, 2.45) is 0 Å². The summed E-state index contributed by atoms with van der Waals surface area (Å²) in [6.07, 6.45) is 2.89. The van der Waals surface area contributed by atoms with Crippen LogP contribution in [-0.4, -0.2) is 10.7 Å². The first-order valence-corrected chi connectivity index (χ1v) is 5.45. The zero-order valence-corrected chi connectivity index (χ0v) is 8.47. The summed E-state index contributed by atoms with van der Waals surface area (Å²) in [5, 5.41) is 8.61. The lowest BCUT2D eigenvalue weighted by Gasteiger charge is -1.99. The van der Waals surface area contributed by atoms with E-state index in [0.717, 1.165) is 5.75 Å². The third kappa shape index (κ3) is 3.47. The maximum atomic E-state index is 8.61. The van der Waals surface area contributed by atoms with Crippen LogP contribution in [0.4, 0.5) is 0 Å². The van der Waals surface area contributed by atoms with Crippen molar-refractivity contribution >= 4 is 11.8 Å². The molecule has 1 rings (SSSR count). The Bertz CT molecular complexity index is 304. The quantitative estimate of drug-likeness (QED) is 0.688. The van der Waals surface area contributed by atoms with Crippen molar-refractivity contribution < 1.29 is 0 Å². The Morgan fingerprint density at radius 2 is 2.46 bits per heavy atom. The van der Waals surface area contributed by atoms with Gasteiger partial charge in [-0.2, -0.15) is 17.0 Å². The molecule has 0 aromatic carbocycles. The van der Waals surface area contributed by atoms with Gasteiger partial charge in [-0.25, -0.2) is 4.98 Å². The Morgan fingerprint density at radius 3 is 3.15 bits per heavy atom. The Hall–Kier alpha value is -1.01. The maximum absolute atomic E-state index is 8.61. The molecule has 0 atom stereocenters. The highest BCUT2D eigenvalue weighted by atomic mass is 32.2. The normalized spacial score (nSPS) is 9.54. The summed E-state index contributed by atoms with van der Waals surface area (Å²) < 4.78 is 0. The van der Waals surface area contributed by atoms with E-state index in [1.54, 1.807) is 6.20 Å². The van der Waals surface area contributed by atoms with Crippen LogP contribution in [0.3, 0.4) is 0 Å². The van der Waals surface area contributed by atoms with Gasteiger partial charge in [-0.3, -0.25) is 0 Å². The molecule has 0 N–H and O–H groups in total. The molecule has 0 radical (unpaired) electrons. The smallest absolute Gasteiger partial charge is 0.140 e. The van der Waals surface area contributed by atoms with Crippen LogP contribution in [0.1, 0.15) is 24.6 Å². The van der Waals surface area contributed by atoms with E-state index >= 15 is 0 Å². The van der Waals surface area contributed by atoms with Gasteiger partial charge in [0.1, 0.15) is 11.8 Å². The van der Waals surface area contributed by atoms with Crippen LogP contribution in [0.15, 0.2) is 18.3 Å². The third-order valence-corrected chi connectivity index (χ3v) is 2.79. The lowest BCUT2D eigenvalue weighted by atomic mass is 10.2. The monoisotopic (exact) mass is 192 g/mol. The SMILES string of the molecule is CCCSCc1ccnc(C#N)c1. The van der Waals surface area contributed by atoms with Crippen molar-refractivity contribution in [3.05, 3.63) is 29.6 Å². The maximum Gasteiger partial charge on any atom is 0.140 e. The highest BCUT2D eigenvalue weighted by Crippen LogP contribution is 2.12. The fraction of sp³-hybridized carbons (Fsp3) is 0.400. The van der Waals surface area contributed by atoms with Gasteiger partial charge in [0.05, 0.1) is 0 Å². The molecule has 0 spiro atoms. The largest absolute Gasteiger partial charge is 0.246 e. The molecule has 13 heavy (non-hydrogen) atoms. The van der Waals surface area contributed by atoms with Crippen LogP contribution in [0.25, 0.3) is 0 Å². The number of nitrogens with zero attached hydrogens (tertiary/aromatic N) is 2. The number of rotatable bonds is 4. The zero-order valence-electron chi connectivity index (χ0n) is 7.66. The van der Waals surface area contributed by atoms with Crippen LogP contribution < -0.4 is 0 Å². The molecule has 0 unspecified atom stereocenters. The molecule has 2 nitrogen and oxygen atoms in total. The second kappa shape index (κ2) is 5.60. The lowest BCUT2D eigenvalue weighted by molar-refractivity contribution is 1.10. The predicted molar refractivity (Wildman–Crippen MR) is 55.4 cm³/mol. The van der Waals surface area contributed by atoms with Crippen LogP contribution in [0.5, 0.6) is 0 Å². The molecular formula is C10H12N2S. The predicted octanol–water partition coefficient (Wildman–Crippen LogP) is 2.60. The number of thioether (sulfide) groups is 1. The summed E-state index contributed by atoms with van der Waals surface area (Å²) >= 11 is 1.89. The van der Waals surface area contributed by atoms with Gasteiger partial charge in [0.2, 0.25) is 0 Å². The highest BCUT2D eigenvalue weighted by Gasteiger charge is 1.95. The van der Waals surface area contributed by atoms with Crippen LogP contribution in [-0.2, 0) is 5.75 Å². The molecule has 68 valence electrons. The van der Waals surface area contributed by atoms with E-state index in [2.05, 4.69) is 11.9 Å². The van der Waals surface area contributed by atoms with E-state index in [-0.39, 0.29) is 0 Å². The third-order valence-electron chi connectivity index (χ3n) is 1.56. The molecule has 1 aromatic rings. The van der Waals surface area contributed by atoms with Crippen molar-refractivity contribution in [2.75, 3.05) is 5.75 Å². The molecule has 1 aromatic heterocycles.